The van der Waals surface area contributed by atoms with Crippen LogP contribution in [-0.2, 0) is 0 Å². The molecule has 0 spiro atoms. The minimum Gasteiger partial charge on any atom is -0.259 e. The Bertz CT molecular complexity index is 207. The number of hydrogen-bond donors (Lipinski definition) is 0. The molecule has 0 aromatic carbocycles. The molecular formula is C7H10Cl2FN. The number of hydrogen-bond acceptors (Lipinski definition) is 1. The largest absolute Gasteiger partial charge is 0.259 e. The first-order chi connectivity index (χ1) is 4.22. The Morgan fingerprint density at radius 1 is 1.27 bits per heavy atom. The van der Waals surface area contributed by atoms with Crippen molar-refractivity contribution in [1.82, 2.24) is 4.98 Å². The zero-order valence-electron chi connectivity index (χ0n) is 6.30. The summed E-state index contributed by atoms with van der Waals surface area (Å²) in [6, 6.07) is 1.66. The molecule has 0 aliphatic rings. The van der Waals surface area contributed by atoms with Crippen molar-refractivity contribution < 1.29 is 4.39 Å². The molecular weight excluding hydrogens is 188 g/mol. The van der Waals surface area contributed by atoms with Crippen LogP contribution in [0, 0.1) is 19.7 Å². The summed E-state index contributed by atoms with van der Waals surface area (Å²) in [4.78, 5) is 3.76. The predicted molar refractivity (Wildman–Crippen MR) is 48.2 cm³/mol. The Labute approximate surface area is 77.9 Å². The third kappa shape index (κ3) is 3.04. The number of pyridine rings is 1. The van der Waals surface area contributed by atoms with Crippen molar-refractivity contribution >= 4 is 24.8 Å². The molecule has 1 aromatic heterocycles. The minimum atomic E-state index is -0.197. The van der Waals surface area contributed by atoms with Gasteiger partial charge in [-0.3, -0.25) is 4.98 Å². The number of rotatable bonds is 0. The molecule has 0 bridgehead atoms. The first kappa shape index (κ1) is 13.3. The van der Waals surface area contributed by atoms with Crippen molar-refractivity contribution in [3.8, 4) is 0 Å². The van der Waals surface area contributed by atoms with Crippen molar-refractivity contribution in [2.75, 3.05) is 0 Å². The zero-order chi connectivity index (χ0) is 6.85. The van der Waals surface area contributed by atoms with Gasteiger partial charge >= 0.3 is 0 Å². The van der Waals surface area contributed by atoms with E-state index in [4.69, 9.17) is 0 Å². The number of halogens is 3. The van der Waals surface area contributed by atoms with Gasteiger partial charge < -0.3 is 0 Å². The number of aromatic nitrogens is 1. The van der Waals surface area contributed by atoms with E-state index < -0.39 is 0 Å². The quantitative estimate of drug-likeness (QED) is 0.624. The van der Waals surface area contributed by atoms with E-state index in [9.17, 15) is 4.39 Å². The standard InChI is InChI=1S/C7H8FN.2ClH/c1-5-3-4-9-6(2)7(5)8;;/h3-4H,1-2H3;2*1H. The molecule has 0 N–H and O–H groups in total. The van der Waals surface area contributed by atoms with Crippen LogP contribution >= 0.6 is 24.8 Å². The molecule has 0 saturated heterocycles. The lowest BCUT2D eigenvalue weighted by molar-refractivity contribution is 0.600. The zero-order valence-corrected chi connectivity index (χ0v) is 7.93. The predicted octanol–water partition coefficient (Wildman–Crippen LogP) is 2.68. The van der Waals surface area contributed by atoms with Gasteiger partial charge in [0, 0.05) is 6.20 Å². The molecule has 11 heavy (non-hydrogen) atoms. The van der Waals surface area contributed by atoms with Gasteiger partial charge in [-0.1, -0.05) is 0 Å². The summed E-state index contributed by atoms with van der Waals surface area (Å²) in [5, 5.41) is 0. The van der Waals surface area contributed by atoms with E-state index in [1.54, 1.807) is 26.1 Å². The first-order valence-corrected chi connectivity index (χ1v) is 2.79. The van der Waals surface area contributed by atoms with Gasteiger partial charge in [-0.15, -0.1) is 24.8 Å². The van der Waals surface area contributed by atoms with Gasteiger partial charge in [-0.05, 0) is 25.5 Å². The fraction of sp³-hybridized carbons (Fsp3) is 0.286. The monoisotopic (exact) mass is 197 g/mol. The van der Waals surface area contributed by atoms with Crippen LogP contribution < -0.4 is 0 Å². The average Bonchev–Trinajstić information content (AvgIpc) is 1.83. The van der Waals surface area contributed by atoms with Crippen LogP contribution in [0.15, 0.2) is 12.3 Å². The fourth-order valence-corrected chi connectivity index (χ4v) is 0.676. The topological polar surface area (TPSA) is 12.9 Å². The minimum absolute atomic E-state index is 0. The molecule has 4 heteroatoms. The molecule has 1 rings (SSSR count). The fourth-order valence-electron chi connectivity index (χ4n) is 0.676. The normalized spacial score (nSPS) is 7.91. The summed E-state index contributed by atoms with van der Waals surface area (Å²) >= 11 is 0. The highest BCUT2D eigenvalue weighted by Crippen LogP contribution is 2.06. The van der Waals surface area contributed by atoms with Crippen LogP contribution in [0.1, 0.15) is 11.3 Å². The van der Waals surface area contributed by atoms with Crippen molar-refractivity contribution in [3.63, 3.8) is 0 Å². The van der Waals surface area contributed by atoms with Crippen LogP contribution in [0.25, 0.3) is 0 Å². The number of nitrogens with zero attached hydrogens (tertiary/aromatic N) is 1. The van der Waals surface area contributed by atoms with Crippen molar-refractivity contribution in [3.05, 3.63) is 29.3 Å². The van der Waals surface area contributed by atoms with Gasteiger partial charge in [0.25, 0.3) is 0 Å². The Morgan fingerprint density at radius 2 is 1.82 bits per heavy atom. The van der Waals surface area contributed by atoms with E-state index >= 15 is 0 Å². The maximum absolute atomic E-state index is 12.7. The van der Waals surface area contributed by atoms with Crippen molar-refractivity contribution in [2.45, 2.75) is 13.8 Å². The molecule has 0 aliphatic carbocycles. The highest BCUT2D eigenvalue weighted by atomic mass is 35.5. The second-order valence-electron chi connectivity index (χ2n) is 2.03. The molecule has 1 heterocycles. The number of aryl methyl sites for hydroxylation is 2. The second-order valence-corrected chi connectivity index (χ2v) is 2.03. The van der Waals surface area contributed by atoms with E-state index in [1.165, 1.54) is 0 Å². The highest BCUT2D eigenvalue weighted by molar-refractivity contribution is 5.85. The van der Waals surface area contributed by atoms with Gasteiger partial charge in [-0.2, -0.15) is 0 Å². The van der Waals surface area contributed by atoms with E-state index in [0.717, 1.165) is 0 Å². The summed E-state index contributed by atoms with van der Waals surface area (Å²) in [5.41, 5.74) is 1.12. The Hall–Kier alpha value is -0.340. The van der Waals surface area contributed by atoms with E-state index in [-0.39, 0.29) is 30.6 Å². The van der Waals surface area contributed by atoms with E-state index in [2.05, 4.69) is 4.98 Å². The van der Waals surface area contributed by atoms with Crippen LogP contribution in [0.3, 0.4) is 0 Å². The molecule has 0 amide bonds. The third-order valence-electron chi connectivity index (χ3n) is 1.26. The van der Waals surface area contributed by atoms with E-state index in [0.29, 0.717) is 11.3 Å². The van der Waals surface area contributed by atoms with Gasteiger partial charge in [-0.25, -0.2) is 4.39 Å². The van der Waals surface area contributed by atoms with E-state index in [1.807, 2.05) is 0 Å². The lowest BCUT2D eigenvalue weighted by Crippen LogP contribution is -1.89. The molecule has 0 aliphatic heterocycles. The third-order valence-corrected chi connectivity index (χ3v) is 1.26. The van der Waals surface area contributed by atoms with Crippen molar-refractivity contribution in [1.29, 1.82) is 0 Å². The maximum atomic E-state index is 12.7. The van der Waals surface area contributed by atoms with Crippen LogP contribution in [-0.4, -0.2) is 4.98 Å². The van der Waals surface area contributed by atoms with Gasteiger partial charge in [0.05, 0.1) is 5.69 Å². The summed E-state index contributed by atoms with van der Waals surface area (Å²) in [5.74, 6) is -0.197. The molecule has 0 fully saturated rings. The summed E-state index contributed by atoms with van der Waals surface area (Å²) in [6.07, 6.45) is 1.60. The van der Waals surface area contributed by atoms with Crippen LogP contribution in [0.2, 0.25) is 0 Å². The Morgan fingerprint density at radius 3 is 2.18 bits per heavy atom. The Kier molecular flexibility index (Phi) is 6.43. The lowest BCUT2D eigenvalue weighted by atomic mass is 10.2. The SMILES string of the molecule is Cc1ccnc(C)c1F.Cl.Cl. The molecule has 0 unspecified atom stereocenters. The van der Waals surface area contributed by atoms with Crippen LogP contribution in [0.5, 0.6) is 0 Å². The molecule has 1 aromatic rings. The van der Waals surface area contributed by atoms with Gasteiger partial charge in [0.15, 0.2) is 0 Å². The van der Waals surface area contributed by atoms with Crippen molar-refractivity contribution in [2.24, 2.45) is 0 Å². The summed E-state index contributed by atoms with van der Waals surface area (Å²) in [7, 11) is 0. The molecule has 64 valence electrons. The van der Waals surface area contributed by atoms with Gasteiger partial charge in [0.2, 0.25) is 0 Å². The van der Waals surface area contributed by atoms with Crippen LogP contribution in [0.4, 0.5) is 4.39 Å². The van der Waals surface area contributed by atoms with Gasteiger partial charge in [0.1, 0.15) is 5.82 Å². The first-order valence-electron chi connectivity index (χ1n) is 2.79. The summed E-state index contributed by atoms with van der Waals surface area (Å²) < 4.78 is 12.7. The molecule has 0 radical (unpaired) electrons. The molecule has 1 nitrogen and oxygen atoms in total. The lowest BCUT2D eigenvalue weighted by Gasteiger charge is -1.95. The molecule has 0 saturated carbocycles. The highest BCUT2D eigenvalue weighted by Gasteiger charge is 1.98. The molecule has 0 atom stereocenters. The smallest absolute Gasteiger partial charge is 0.147 e. The average molecular weight is 198 g/mol. The Balaban J connectivity index is 0. The summed E-state index contributed by atoms with van der Waals surface area (Å²) in [6.45, 7) is 3.38. The maximum Gasteiger partial charge on any atom is 0.147 e. The second kappa shape index (κ2) is 5.33.